The maximum Gasteiger partial charge on any atom is 0.0896 e. The zero-order valence-electron chi connectivity index (χ0n) is 11.8. The minimum atomic E-state index is -0.639. The maximum atomic E-state index is 10.8. The topological polar surface area (TPSA) is 20.2 Å². The molecule has 0 spiro atoms. The lowest BCUT2D eigenvalue weighted by Gasteiger charge is -2.30. The van der Waals surface area contributed by atoms with Crippen LogP contribution in [0.15, 0.2) is 24.3 Å². The standard InChI is InChI=1S/C17H26O/c1-3-4-7-14-10-12-16(13-11-14)17(2,18)15-8-5-6-9-15/h10-13,15,18H,3-9H2,1-2H3. The molecule has 1 N–H and O–H groups in total. The highest BCUT2D eigenvalue weighted by atomic mass is 16.3. The predicted molar refractivity (Wildman–Crippen MR) is 76.6 cm³/mol. The van der Waals surface area contributed by atoms with Gasteiger partial charge in [-0.15, -0.1) is 0 Å². The molecule has 1 unspecified atom stereocenters. The highest BCUT2D eigenvalue weighted by molar-refractivity contribution is 5.27. The Morgan fingerprint density at radius 1 is 1.17 bits per heavy atom. The summed E-state index contributed by atoms with van der Waals surface area (Å²) in [6.45, 7) is 4.21. The first-order valence-corrected chi connectivity index (χ1v) is 7.46. The SMILES string of the molecule is CCCCc1ccc(C(C)(O)C2CCCC2)cc1. The third-order valence-corrected chi connectivity index (χ3v) is 4.51. The van der Waals surface area contributed by atoms with Crippen molar-refractivity contribution in [2.45, 2.75) is 64.4 Å². The molecule has 0 aromatic heterocycles. The smallest absolute Gasteiger partial charge is 0.0896 e. The zero-order chi connectivity index (χ0) is 13.0. The Balaban J connectivity index is 2.07. The first kappa shape index (κ1) is 13.6. The lowest BCUT2D eigenvalue weighted by Crippen LogP contribution is -2.29. The third-order valence-electron chi connectivity index (χ3n) is 4.51. The Morgan fingerprint density at radius 3 is 2.33 bits per heavy atom. The van der Waals surface area contributed by atoms with E-state index in [4.69, 9.17) is 0 Å². The van der Waals surface area contributed by atoms with Crippen molar-refractivity contribution in [3.63, 3.8) is 0 Å². The van der Waals surface area contributed by atoms with Gasteiger partial charge in [0.1, 0.15) is 0 Å². The summed E-state index contributed by atoms with van der Waals surface area (Å²) in [5, 5.41) is 10.8. The van der Waals surface area contributed by atoms with Gasteiger partial charge in [0.15, 0.2) is 0 Å². The second kappa shape index (κ2) is 5.88. The fraction of sp³-hybridized carbons (Fsp3) is 0.647. The van der Waals surface area contributed by atoms with Crippen LogP contribution in [0.25, 0.3) is 0 Å². The van der Waals surface area contributed by atoms with Crippen LogP contribution in [0.3, 0.4) is 0 Å². The molecule has 0 aliphatic heterocycles. The van der Waals surface area contributed by atoms with Gasteiger partial charge in [-0.1, -0.05) is 50.5 Å². The summed E-state index contributed by atoms with van der Waals surface area (Å²) >= 11 is 0. The molecule has 1 aromatic carbocycles. The molecule has 1 heteroatoms. The highest BCUT2D eigenvalue weighted by Gasteiger charge is 2.35. The molecule has 0 radical (unpaired) electrons. The molecule has 100 valence electrons. The third kappa shape index (κ3) is 2.95. The first-order valence-electron chi connectivity index (χ1n) is 7.46. The van der Waals surface area contributed by atoms with Crippen LogP contribution in [-0.2, 0) is 12.0 Å². The van der Waals surface area contributed by atoms with Gasteiger partial charge in [-0.2, -0.15) is 0 Å². The lowest BCUT2D eigenvalue weighted by atomic mass is 9.81. The van der Waals surface area contributed by atoms with Crippen molar-refractivity contribution in [2.75, 3.05) is 0 Å². The van der Waals surface area contributed by atoms with E-state index in [1.165, 1.54) is 44.1 Å². The van der Waals surface area contributed by atoms with Crippen molar-refractivity contribution in [1.29, 1.82) is 0 Å². The normalized spacial score (nSPS) is 19.9. The van der Waals surface area contributed by atoms with E-state index < -0.39 is 5.60 Å². The van der Waals surface area contributed by atoms with Crippen LogP contribution in [-0.4, -0.2) is 5.11 Å². The quantitative estimate of drug-likeness (QED) is 0.815. The molecule has 0 heterocycles. The van der Waals surface area contributed by atoms with Crippen LogP contribution in [0.1, 0.15) is 63.5 Å². The monoisotopic (exact) mass is 246 g/mol. The largest absolute Gasteiger partial charge is 0.385 e. The van der Waals surface area contributed by atoms with Gasteiger partial charge in [0.05, 0.1) is 5.60 Å². The average Bonchev–Trinajstić information content (AvgIpc) is 2.91. The summed E-state index contributed by atoms with van der Waals surface area (Å²) in [5.41, 5.74) is 1.84. The van der Waals surface area contributed by atoms with E-state index >= 15 is 0 Å². The molecule has 1 fully saturated rings. The van der Waals surface area contributed by atoms with Gasteiger partial charge in [-0.25, -0.2) is 0 Å². The molecule has 1 nitrogen and oxygen atoms in total. The van der Waals surface area contributed by atoms with Crippen molar-refractivity contribution in [1.82, 2.24) is 0 Å². The Morgan fingerprint density at radius 2 is 1.78 bits per heavy atom. The van der Waals surface area contributed by atoms with Gasteiger partial charge in [0, 0.05) is 0 Å². The summed E-state index contributed by atoms with van der Waals surface area (Å²) in [6.07, 6.45) is 8.53. The van der Waals surface area contributed by atoms with Gasteiger partial charge in [-0.3, -0.25) is 0 Å². The Kier molecular flexibility index (Phi) is 4.45. The van der Waals surface area contributed by atoms with Crippen molar-refractivity contribution in [3.8, 4) is 0 Å². The van der Waals surface area contributed by atoms with E-state index in [9.17, 15) is 5.11 Å². The molecule has 1 aliphatic rings. The Labute approximate surface area is 111 Å². The van der Waals surface area contributed by atoms with E-state index in [1.54, 1.807) is 0 Å². The summed E-state index contributed by atoms with van der Waals surface area (Å²) < 4.78 is 0. The predicted octanol–water partition coefficient (Wildman–Crippen LogP) is 4.43. The van der Waals surface area contributed by atoms with Crippen LogP contribution < -0.4 is 0 Å². The van der Waals surface area contributed by atoms with Gasteiger partial charge in [0.25, 0.3) is 0 Å². The molecule has 18 heavy (non-hydrogen) atoms. The number of hydrogen-bond acceptors (Lipinski definition) is 1. The zero-order valence-corrected chi connectivity index (χ0v) is 11.8. The van der Waals surface area contributed by atoms with E-state index in [-0.39, 0.29) is 0 Å². The van der Waals surface area contributed by atoms with Crippen LogP contribution in [0, 0.1) is 5.92 Å². The van der Waals surface area contributed by atoms with E-state index in [2.05, 4.69) is 31.2 Å². The first-order chi connectivity index (χ1) is 8.64. The van der Waals surface area contributed by atoms with Crippen molar-refractivity contribution < 1.29 is 5.11 Å². The van der Waals surface area contributed by atoms with E-state index in [0.717, 1.165) is 12.0 Å². The van der Waals surface area contributed by atoms with Gasteiger partial charge in [-0.05, 0) is 49.7 Å². The Hall–Kier alpha value is -0.820. The fourth-order valence-corrected chi connectivity index (χ4v) is 3.11. The number of unbranched alkanes of at least 4 members (excludes halogenated alkanes) is 1. The van der Waals surface area contributed by atoms with E-state index in [0.29, 0.717) is 5.92 Å². The van der Waals surface area contributed by atoms with Crippen LogP contribution in [0.4, 0.5) is 0 Å². The molecule has 0 bridgehead atoms. The molecule has 0 saturated heterocycles. The Bertz CT molecular complexity index is 358. The number of benzene rings is 1. The molecule has 1 aromatic rings. The lowest BCUT2D eigenvalue weighted by molar-refractivity contribution is -0.00333. The van der Waals surface area contributed by atoms with Crippen molar-refractivity contribution in [2.24, 2.45) is 5.92 Å². The summed E-state index contributed by atoms with van der Waals surface area (Å²) in [4.78, 5) is 0. The molecule has 1 saturated carbocycles. The second-order valence-corrected chi connectivity index (χ2v) is 5.93. The maximum absolute atomic E-state index is 10.8. The fourth-order valence-electron chi connectivity index (χ4n) is 3.11. The van der Waals surface area contributed by atoms with E-state index in [1.807, 2.05) is 6.92 Å². The summed E-state index contributed by atoms with van der Waals surface area (Å²) in [7, 11) is 0. The minimum absolute atomic E-state index is 0.444. The number of hydrogen-bond donors (Lipinski definition) is 1. The molecule has 0 amide bonds. The van der Waals surface area contributed by atoms with Crippen molar-refractivity contribution in [3.05, 3.63) is 35.4 Å². The second-order valence-electron chi connectivity index (χ2n) is 5.93. The van der Waals surface area contributed by atoms with Gasteiger partial charge < -0.3 is 5.11 Å². The van der Waals surface area contributed by atoms with Crippen LogP contribution in [0.5, 0.6) is 0 Å². The number of aryl methyl sites for hydroxylation is 1. The van der Waals surface area contributed by atoms with Crippen LogP contribution >= 0.6 is 0 Å². The van der Waals surface area contributed by atoms with Gasteiger partial charge in [0.2, 0.25) is 0 Å². The average molecular weight is 246 g/mol. The van der Waals surface area contributed by atoms with Crippen LogP contribution in [0.2, 0.25) is 0 Å². The number of rotatable bonds is 5. The van der Waals surface area contributed by atoms with Crippen molar-refractivity contribution >= 4 is 0 Å². The highest BCUT2D eigenvalue weighted by Crippen LogP contribution is 2.40. The summed E-state index contributed by atoms with van der Waals surface area (Å²) in [5.74, 6) is 0.444. The molecular formula is C17H26O. The number of aliphatic hydroxyl groups is 1. The summed E-state index contributed by atoms with van der Waals surface area (Å²) in [6, 6.07) is 8.63. The molecule has 1 atom stereocenters. The molecule has 1 aliphatic carbocycles. The molecular weight excluding hydrogens is 220 g/mol. The molecule has 2 rings (SSSR count). The minimum Gasteiger partial charge on any atom is -0.385 e. The van der Waals surface area contributed by atoms with Gasteiger partial charge >= 0.3 is 0 Å².